The molecular weight excluding hydrogens is 554 g/mol. The molecule has 1 aliphatic carbocycles. The molecule has 7 rings (SSSR count). The van der Waals surface area contributed by atoms with Crippen LogP contribution in [0.1, 0.15) is 58.3 Å². The number of H-pyrrole nitrogens is 1. The van der Waals surface area contributed by atoms with Crippen LogP contribution in [0.25, 0.3) is 10.9 Å². The Morgan fingerprint density at radius 2 is 1.71 bits per heavy atom. The van der Waals surface area contributed by atoms with Gasteiger partial charge in [-0.3, -0.25) is 14.6 Å². The highest BCUT2D eigenvalue weighted by Gasteiger charge is 2.28. The van der Waals surface area contributed by atoms with Gasteiger partial charge in [0.25, 0.3) is 0 Å². The zero-order valence-electron chi connectivity index (χ0n) is 26.2. The number of allylic oxidation sites excluding steroid dienone is 2. The minimum absolute atomic E-state index is 0.242. The molecule has 2 saturated heterocycles. The molecule has 2 aliphatic heterocycles. The number of unbranched alkanes of at least 4 members (excludes halogenated alkanes) is 1. The van der Waals surface area contributed by atoms with Crippen molar-refractivity contribution in [1.29, 1.82) is 5.26 Å². The number of carbonyl (C=O) groups is 1. The maximum atomic E-state index is 13.3. The zero-order chi connectivity index (χ0) is 30.6. The molecular formula is C39H43N5O. The van der Waals surface area contributed by atoms with Gasteiger partial charge in [0, 0.05) is 73.1 Å². The van der Waals surface area contributed by atoms with Crippen LogP contribution in [-0.4, -0.2) is 66.4 Å². The van der Waals surface area contributed by atoms with Crippen molar-refractivity contribution < 1.29 is 4.79 Å². The van der Waals surface area contributed by atoms with E-state index in [9.17, 15) is 10.1 Å². The van der Waals surface area contributed by atoms with Crippen LogP contribution >= 0.6 is 0 Å². The van der Waals surface area contributed by atoms with Crippen LogP contribution in [0.2, 0.25) is 0 Å². The smallest absolute Gasteiger partial charge is 0.189 e. The molecule has 45 heavy (non-hydrogen) atoms. The standard InChI is InChI=1S/C39H43N5O/c40-26-31-9-12-38-37(23-31)32(27-41-38)8-4-5-15-42-18-20-44(21-19-42)35-10-11-36-33(25-35)24-34(39(36)45)22-29-13-16-43(17-14-29)28-30-6-2-1-3-7-30/h1-3,6-7,9-12,22-23,25,27,29,41H,4-5,8,13-21,24,28H2/b34-22+. The molecule has 4 aromatic rings. The van der Waals surface area contributed by atoms with Crippen LogP contribution in [0, 0.1) is 17.2 Å². The molecule has 3 heterocycles. The second-order valence-corrected chi connectivity index (χ2v) is 13.1. The lowest BCUT2D eigenvalue weighted by Crippen LogP contribution is -2.46. The Balaban J connectivity index is 0.867. The molecule has 0 amide bonds. The van der Waals surface area contributed by atoms with Gasteiger partial charge in [0.15, 0.2) is 5.78 Å². The van der Waals surface area contributed by atoms with Crippen LogP contribution in [0.4, 0.5) is 5.69 Å². The number of rotatable bonds is 9. The Morgan fingerprint density at radius 3 is 2.51 bits per heavy atom. The number of nitrogens with zero attached hydrogens (tertiary/aromatic N) is 4. The number of piperazine rings is 1. The molecule has 0 unspecified atom stereocenters. The van der Waals surface area contributed by atoms with E-state index in [0.29, 0.717) is 5.92 Å². The van der Waals surface area contributed by atoms with Gasteiger partial charge in [-0.2, -0.15) is 5.26 Å². The van der Waals surface area contributed by atoms with Crippen LogP contribution < -0.4 is 4.90 Å². The first-order chi connectivity index (χ1) is 22.1. The lowest BCUT2D eigenvalue weighted by Gasteiger charge is -2.36. The van der Waals surface area contributed by atoms with E-state index in [4.69, 9.17) is 0 Å². The number of fused-ring (bicyclic) bond motifs is 2. The SMILES string of the molecule is N#Cc1ccc2[nH]cc(CCCCN3CCN(c4ccc5c(c4)C/C(=C\C4CCN(Cc6ccccc6)CC4)C5=O)CC3)c2c1. The average molecular weight is 598 g/mol. The largest absolute Gasteiger partial charge is 0.369 e. The van der Waals surface area contributed by atoms with Crippen molar-refractivity contribution in [3.63, 3.8) is 0 Å². The van der Waals surface area contributed by atoms with Gasteiger partial charge >= 0.3 is 0 Å². The number of aromatic amines is 1. The lowest BCUT2D eigenvalue weighted by atomic mass is 9.93. The Labute approximate surface area is 266 Å². The Kier molecular flexibility index (Phi) is 8.82. The zero-order valence-corrected chi connectivity index (χ0v) is 26.2. The van der Waals surface area contributed by atoms with Crippen molar-refractivity contribution in [3.05, 3.63) is 112 Å². The molecule has 2 fully saturated rings. The van der Waals surface area contributed by atoms with Crippen LogP contribution in [0.15, 0.2) is 84.6 Å². The fourth-order valence-corrected chi connectivity index (χ4v) is 7.48. The Morgan fingerprint density at radius 1 is 0.889 bits per heavy atom. The number of nitrogens with one attached hydrogen (secondary N) is 1. The summed E-state index contributed by atoms with van der Waals surface area (Å²) in [6.45, 7) is 8.52. The van der Waals surface area contributed by atoms with Crippen molar-refractivity contribution >= 4 is 22.4 Å². The summed E-state index contributed by atoms with van der Waals surface area (Å²) in [7, 11) is 0. The number of carbonyl (C=O) groups excluding carboxylic acids is 1. The predicted octanol–water partition coefficient (Wildman–Crippen LogP) is 6.76. The molecule has 1 aromatic heterocycles. The van der Waals surface area contributed by atoms with Crippen LogP contribution in [0.3, 0.4) is 0 Å². The summed E-state index contributed by atoms with van der Waals surface area (Å²) in [6.07, 6.45) is 10.8. The van der Waals surface area contributed by atoms with Crippen LogP contribution in [0.5, 0.6) is 0 Å². The minimum atomic E-state index is 0.242. The second kappa shape index (κ2) is 13.4. The minimum Gasteiger partial charge on any atom is -0.369 e. The van der Waals surface area contributed by atoms with Gasteiger partial charge in [0.05, 0.1) is 11.6 Å². The van der Waals surface area contributed by atoms with Gasteiger partial charge in [0.1, 0.15) is 0 Å². The first kappa shape index (κ1) is 29.5. The maximum Gasteiger partial charge on any atom is 0.189 e. The van der Waals surface area contributed by atoms with E-state index in [1.807, 2.05) is 18.2 Å². The van der Waals surface area contributed by atoms with Gasteiger partial charge in [-0.1, -0.05) is 36.4 Å². The highest BCUT2D eigenvalue weighted by molar-refractivity contribution is 6.13. The van der Waals surface area contributed by atoms with Crippen LogP contribution in [-0.2, 0) is 19.4 Å². The summed E-state index contributed by atoms with van der Waals surface area (Å²) in [4.78, 5) is 24.3. The van der Waals surface area contributed by atoms with Crippen molar-refractivity contribution in [2.75, 3.05) is 50.7 Å². The second-order valence-electron chi connectivity index (χ2n) is 13.1. The molecule has 0 saturated carbocycles. The summed E-state index contributed by atoms with van der Waals surface area (Å²) in [5, 5.41) is 10.4. The van der Waals surface area contributed by atoms with Gasteiger partial charge < -0.3 is 9.88 Å². The topological polar surface area (TPSA) is 66.4 Å². The van der Waals surface area contributed by atoms with E-state index < -0.39 is 0 Å². The number of hydrogen-bond donors (Lipinski definition) is 1. The quantitative estimate of drug-likeness (QED) is 0.171. The highest BCUT2D eigenvalue weighted by atomic mass is 16.1. The fraction of sp³-hybridized carbons (Fsp3) is 0.385. The highest BCUT2D eigenvalue weighted by Crippen LogP contribution is 2.33. The molecule has 230 valence electrons. The number of aryl methyl sites for hydroxylation is 1. The number of benzene rings is 3. The number of anilines is 1. The molecule has 6 nitrogen and oxygen atoms in total. The molecule has 1 N–H and O–H groups in total. The number of hydrogen-bond acceptors (Lipinski definition) is 5. The maximum absolute atomic E-state index is 13.3. The molecule has 0 bridgehead atoms. The number of aromatic nitrogens is 1. The summed E-state index contributed by atoms with van der Waals surface area (Å²) in [5.74, 6) is 0.739. The van der Waals surface area contributed by atoms with Crippen molar-refractivity contribution in [2.24, 2.45) is 5.92 Å². The molecule has 0 spiro atoms. The molecule has 6 heteroatoms. The third-order valence-electron chi connectivity index (χ3n) is 10.1. The summed E-state index contributed by atoms with van der Waals surface area (Å²) >= 11 is 0. The van der Waals surface area contributed by atoms with Crippen molar-refractivity contribution in [2.45, 2.75) is 45.1 Å². The predicted molar refractivity (Wildman–Crippen MR) is 182 cm³/mol. The van der Waals surface area contributed by atoms with Gasteiger partial charge in [-0.25, -0.2) is 0 Å². The number of ketones is 1. The van der Waals surface area contributed by atoms with E-state index in [0.717, 1.165) is 107 Å². The average Bonchev–Trinajstić information content (AvgIpc) is 3.63. The van der Waals surface area contributed by atoms with E-state index in [-0.39, 0.29) is 5.78 Å². The van der Waals surface area contributed by atoms with E-state index in [2.05, 4.69) is 86.6 Å². The number of piperidine rings is 1. The first-order valence-electron chi connectivity index (χ1n) is 16.7. The molecule has 0 radical (unpaired) electrons. The third-order valence-corrected chi connectivity index (χ3v) is 10.1. The van der Waals surface area contributed by atoms with E-state index >= 15 is 0 Å². The Bertz CT molecular complexity index is 1720. The summed E-state index contributed by atoms with van der Waals surface area (Å²) < 4.78 is 0. The lowest BCUT2D eigenvalue weighted by molar-refractivity contribution is 0.103. The van der Waals surface area contributed by atoms with E-state index in [1.54, 1.807) is 0 Å². The number of likely N-dealkylation sites (tertiary alicyclic amines) is 1. The Hall–Kier alpha value is -4.18. The monoisotopic (exact) mass is 597 g/mol. The fourth-order valence-electron chi connectivity index (χ4n) is 7.48. The molecule has 3 aromatic carbocycles. The first-order valence-corrected chi connectivity index (χ1v) is 16.7. The normalized spacial score (nSPS) is 19.0. The van der Waals surface area contributed by atoms with Crippen molar-refractivity contribution in [1.82, 2.24) is 14.8 Å². The summed E-state index contributed by atoms with van der Waals surface area (Å²) in [6, 6.07) is 25.4. The van der Waals surface area contributed by atoms with Crippen molar-refractivity contribution in [3.8, 4) is 6.07 Å². The molecule has 0 atom stereocenters. The van der Waals surface area contributed by atoms with Gasteiger partial charge in [-0.05, 0) is 111 Å². The number of Topliss-reactive ketones (excluding diaryl/α,β-unsaturated/α-hetero) is 1. The molecule has 3 aliphatic rings. The third kappa shape index (κ3) is 6.76. The number of nitriles is 1. The summed E-state index contributed by atoms with van der Waals surface area (Å²) in [5.41, 5.74) is 8.89. The van der Waals surface area contributed by atoms with Gasteiger partial charge in [-0.15, -0.1) is 0 Å². The van der Waals surface area contributed by atoms with E-state index in [1.165, 1.54) is 34.2 Å². The van der Waals surface area contributed by atoms with Gasteiger partial charge in [0.2, 0.25) is 0 Å².